The van der Waals surface area contributed by atoms with Gasteiger partial charge >= 0.3 is 0 Å². The van der Waals surface area contributed by atoms with Gasteiger partial charge in [-0.05, 0) is 54.1 Å². The summed E-state index contributed by atoms with van der Waals surface area (Å²) in [4.78, 5) is 19.3. The first kappa shape index (κ1) is 15.3. The summed E-state index contributed by atoms with van der Waals surface area (Å²) in [6.45, 7) is 6.41. The number of carbonyl (C=O) groups excluding carboxylic acids is 1. The van der Waals surface area contributed by atoms with Gasteiger partial charge in [-0.3, -0.25) is 4.79 Å². The van der Waals surface area contributed by atoms with Crippen molar-refractivity contribution in [2.75, 3.05) is 13.1 Å². The first-order valence-corrected chi connectivity index (χ1v) is 8.82. The Kier molecular flexibility index (Phi) is 4.67. The average molecular weight is 314 g/mol. The summed E-state index contributed by atoms with van der Waals surface area (Å²) in [5, 5.41) is 0.884. The summed E-state index contributed by atoms with van der Waals surface area (Å²) >= 11 is 1.52. The minimum absolute atomic E-state index is 0.0986. The van der Waals surface area contributed by atoms with E-state index in [9.17, 15) is 4.79 Å². The fourth-order valence-corrected chi connectivity index (χ4v) is 3.71. The Morgan fingerprint density at radius 3 is 2.45 bits per heavy atom. The number of amidine groups is 1. The van der Waals surface area contributed by atoms with Crippen LogP contribution < -0.4 is 0 Å². The molecule has 0 atom stereocenters. The van der Waals surface area contributed by atoms with E-state index in [2.05, 4.69) is 48.0 Å². The van der Waals surface area contributed by atoms with Crippen molar-refractivity contribution < 1.29 is 4.79 Å². The summed E-state index contributed by atoms with van der Waals surface area (Å²) in [7, 11) is 0. The Morgan fingerprint density at radius 1 is 1.14 bits per heavy atom. The Labute approximate surface area is 136 Å². The van der Waals surface area contributed by atoms with E-state index in [1.165, 1.54) is 36.6 Å². The maximum atomic E-state index is 12.1. The molecule has 2 aliphatic rings. The highest BCUT2D eigenvalue weighted by Gasteiger charge is 2.26. The van der Waals surface area contributed by atoms with E-state index in [4.69, 9.17) is 0 Å². The van der Waals surface area contributed by atoms with Crippen LogP contribution in [0.3, 0.4) is 0 Å². The maximum Gasteiger partial charge on any atom is 0.286 e. The number of nitrogens with zero attached hydrogens (tertiary/aromatic N) is 2. The molecule has 0 unspecified atom stereocenters. The van der Waals surface area contributed by atoms with Gasteiger partial charge in [-0.2, -0.15) is 4.99 Å². The predicted octanol–water partition coefficient (Wildman–Crippen LogP) is 4.27. The molecule has 0 bridgehead atoms. The molecule has 1 aromatic rings. The number of amides is 1. The lowest BCUT2D eigenvalue weighted by Crippen LogP contribution is -2.33. The zero-order valence-corrected chi connectivity index (χ0v) is 14.0. The van der Waals surface area contributed by atoms with E-state index >= 15 is 0 Å². The molecule has 3 nitrogen and oxygen atoms in total. The molecule has 3 rings (SSSR count). The topological polar surface area (TPSA) is 32.7 Å². The second-order valence-corrected chi connectivity index (χ2v) is 7.19. The SMILES string of the molecule is CC(C)c1ccc(C=C2SC(N3CCCCC3)=NC2=O)cc1. The summed E-state index contributed by atoms with van der Waals surface area (Å²) in [6, 6.07) is 8.42. The van der Waals surface area contributed by atoms with Gasteiger partial charge in [-0.25, -0.2) is 0 Å². The molecule has 22 heavy (non-hydrogen) atoms. The number of rotatable bonds is 2. The molecule has 0 radical (unpaired) electrons. The van der Waals surface area contributed by atoms with Crippen LogP contribution in [0.25, 0.3) is 6.08 Å². The van der Waals surface area contributed by atoms with Crippen molar-refractivity contribution in [1.29, 1.82) is 0 Å². The molecule has 0 spiro atoms. The summed E-state index contributed by atoms with van der Waals surface area (Å²) in [5.41, 5.74) is 2.38. The minimum atomic E-state index is -0.0986. The largest absolute Gasteiger partial charge is 0.351 e. The standard InChI is InChI=1S/C18H22N2OS/c1-13(2)15-8-6-14(7-9-15)12-16-17(21)19-18(22-16)20-10-4-3-5-11-20/h6-9,12-13H,3-5,10-11H2,1-2H3. The van der Waals surface area contributed by atoms with Crippen LogP contribution in [0, 0.1) is 0 Å². The fourth-order valence-electron chi connectivity index (χ4n) is 2.75. The van der Waals surface area contributed by atoms with Crippen LogP contribution >= 0.6 is 11.8 Å². The molecule has 2 heterocycles. The zero-order valence-electron chi connectivity index (χ0n) is 13.2. The summed E-state index contributed by atoms with van der Waals surface area (Å²) in [5.74, 6) is 0.428. The summed E-state index contributed by atoms with van der Waals surface area (Å²) in [6.07, 6.45) is 5.64. The first-order valence-electron chi connectivity index (χ1n) is 8.01. The number of benzene rings is 1. The van der Waals surface area contributed by atoms with E-state index in [1.807, 2.05) is 6.08 Å². The molecule has 1 fully saturated rings. The van der Waals surface area contributed by atoms with Gasteiger partial charge in [0.15, 0.2) is 5.17 Å². The van der Waals surface area contributed by atoms with Crippen LogP contribution in [0.4, 0.5) is 0 Å². The van der Waals surface area contributed by atoms with Gasteiger partial charge in [0.25, 0.3) is 5.91 Å². The molecule has 0 N–H and O–H groups in total. The molecule has 0 saturated carbocycles. The molecule has 1 amide bonds. The van der Waals surface area contributed by atoms with Crippen LogP contribution in [0.15, 0.2) is 34.2 Å². The van der Waals surface area contributed by atoms with Gasteiger partial charge in [-0.1, -0.05) is 38.1 Å². The second-order valence-electron chi connectivity index (χ2n) is 6.18. The van der Waals surface area contributed by atoms with Crippen molar-refractivity contribution in [1.82, 2.24) is 4.90 Å². The highest BCUT2D eigenvalue weighted by Crippen LogP contribution is 2.31. The number of hydrogen-bond acceptors (Lipinski definition) is 3. The van der Waals surface area contributed by atoms with E-state index in [0.29, 0.717) is 5.92 Å². The first-order chi connectivity index (χ1) is 10.6. The molecular weight excluding hydrogens is 292 g/mol. The predicted molar refractivity (Wildman–Crippen MR) is 94.0 cm³/mol. The highest BCUT2D eigenvalue weighted by molar-refractivity contribution is 8.18. The third-order valence-corrected chi connectivity index (χ3v) is 5.18. The second kappa shape index (κ2) is 6.69. The van der Waals surface area contributed by atoms with Crippen molar-refractivity contribution in [3.8, 4) is 0 Å². The van der Waals surface area contributed by atoms with E-state index in [-0.39, 0.29) is 5.91 Å². The molecule has 0 aromatic heterocycles. The number of hydrogen-bond donors (Lipinski definition) is 0. The van der Waals surface area contributed by atoms with Crippen LogP contribution in [0.1, 0.15) is 50.2 Å². The molecule has 4 heteroatoms. The fraction of sp³-hybridized carbons (Fsp3) is 0.444. The lowest BCUT2D eigenvalue weighted by Gasteiger charge is -2.27. The number of likely N-dealkylation sites (tertiary alicyclic amines) is 1. The Morgan fingerprint density at radius 2 is 1.82 bits per heavy atom. The zero-order chi connectivity index (χ0) is 15.5. The lowest BCUT2D eigenvalue weighted by molar-refractivity contribution is -0.113. The molecule has 116 valence electrons. The van der Waals surface area contributed by atoms with Crippen molar-refractivity contribution >= 4 is 28.9 Å². The van der Waals surface area contributed by atoms with Crippen LogP contribution in [0.5, 0.6) is 0 Å². The van der Waals surface area contributed by atoms with Crippen LogP contribution in [-0.4, -0.2) is 29.1 Å². The van der Waals surface area contributed by atoms with Gasteiger partial charge in [0.2, 0.25) is 0 Å². The quantitative estimate of drug-likeness (QED) is 0.764. The van der Waals surface area contributed by atoms with E-state index in [0.717, 1.165) is 28.7 Å². The Hall–Kier alpha value is -1.55. The monoisotopic (exact) mass is 314 g/mol. The van der Waals surface area contributed by atoms with Crippen molar-refractivity contribution in [3.05, 3.63) is 40.3 Å². The summed E-state index contributed by atoms with van der Waals surface area (Å²) < 4.78 is 0. The minimum Gasteiger partial charge on any atom is -0.351 e. The van der Waals surface area contributed by atoms with Crippen molar-refractivity contribution in [3.63, 3.8) is 0 Å². The third-order valence-electron chi connectivity index (χ3n) is 4.14. The van der Waals surface area contributed by atoms with Gasteiger partial charge in [0, 0.05) is 13.1 Å². The van der Waals surface area contributed by atoms with Crippen LogP contribution in [0.2, 0.25) is 0 Å². The molecular formula is C18H22N2OS. The van der Waals surface area contributed by atoms with Crippen molar-refractivity contribution in [2.24, 2.45) is 4.99 Å². The smallest absolute Gasteiger partial charge is 0.286 e. The molecule has 1 saturated heterocycles. The normalized spacial score (nSPS) is 20.9. The van der Waals surface area contributed by atoms with Crippen molar-refractivity contribution in [2.45, 2.75) is 39.0 Å². The van der Waals surface area contributed by atoms with Gasteiger partial charge in [0.1, 0.15) is 0 Å². The maximum absolute atomic E-state index is 12.1. The van der Waals surface area contributed by atoms with E-state index < -0.39 is 0 Å². The third kappa shape index (κ3) is 3.43. The number of thioether (sulfide) groups is 1. The average Bonchev–Trinajstić information content (AvgIpc) is 2.90. The Bertz CT molecular complexity index is 610. The van der Waals surface area contributed by atoms with Gasteiger partial charge in [0.05, 0.1) is 4.91 Å². The lowest BCUT2D eigenvalue weighted by atomic mass is 10.0. The number of aliphatic imine (C=N–C) groups is 1. The van der Waals surface area contributed by atoms with Gasteiger partial charge in [-0.15, -0.1) is 0 Å². The van der Waals surface area contributed by atoms with Crippen LogP contribution in [-0.2, 0) is 4.79 Å². The van der Waals surface area contributed by atoms with Gasteiger partial charge < -0.3 is 4.90 Å². The highest BCUT2D eigenvalue weighted by atomic mass is 32.2. The Balaban J connectivity index is 1.71. The number of piperidine rings is 1. The molecule has 1 aromatic carbocycles. The molecule has 0 aliphatic carbocycles. The number of carbonyl (C=O) groups is 1. The molecule has 2 aliphatic heterocycles. The van der Waals surface area contributed by atoms with E-state index in [1.54, 1.807) is 0 Å².